The summed E-state index contributed by atoms with van der Waals surface area (Å²) in [5.41, 5.74) is 1.08. The van der Waals surface area contributed by atoms with Gasteiger partial charge < -0.3 is 10.6 Å². The van der Waals surface area contributed by atoms with Crippen LogP contribution >= 0.6 is 36.2 Å². The lowest BCUT2D eigenvalue weighted by Crippen LogP contribution is -2.41. The third-order valence-corrected chi connectivity index (χ3v) is 3.84. The Morgan fingerprint density at radius 3 is 2.95 bits per heavy atom. The van der Waals surface area contributed by atoms with E-state index in [0.717, 1.165) is 43.1 Å². The Labute approximate surface area is 130 Å². The lowest BCUT2D eigenvalue weighted by Gasteiger charge is -2.21. The Morgan fingerprint density at radius 2 is 2.37 bits per heavy atom. The van der Waals surface area contributed by atoms with E-state index in [1.165, 1.54) is 0 Å². The molecule has 1 aliphatic heterocycles. The fraction of sp³-hybridized carbons (Fsp3) is 0.667. The SMILES string of the molecule is Cc1nc(CCNC(=O)[C@@H]2CCCNC2)cs1.Cl.Cl. The number of halogens is 2. The molecule has 1 atom stereocenters. The summed E-state index contributed by atoms with van der Waals surface area (Å²) < 4.78 is 0. The van der Waals surface area contributed by atoms with Gasteiger partial charge in [0.15, 0.2) is 0 Å². The fourth-order valence-corrected chi connectivity index (χ4v) is 2.70. The van der Waals surface area contributed by atoms with Gasteiger partial charge in [0.05, 0.1) is 16.6 Å². The van der Waals surface area contributed by atoms with Crippen LogP contribution in [-0.2, 0) is 11.2 Å². The molecule has 0 unspecified atom stereocenters. The number of rotatable bonds is 4. The van der Waals surface area contributed by atoms with Crippen molar-refractivity contribution in [3.63, 3.8) is 0 Å². The van der Waals surface area contributed by atoms with Crippen molar-refractivity contribution in [1.29, 1.82) is 0 Å². The quantitative estimate of drug-likeness (QED) is 0.889. The number of carbonyl (C=O) groups is 1. The topological polar surface area (TPSA) is 54.0 Å². The number of aromatic nitrogens is 1. The lowest BCUT2D eigenvalue weighted by molar-refractivity contribution is -0.125. The van der Waals surface area contributed by atoms with E-state index < -0.39 is 0 Å². The maximum absolute atomic E-state index is 11.8. The van der Waals surface area contributed by atoms with E-state index >= 15 is 0 Å². The number of carbonyl (C=O) groups excluding carboxylic acids is 1. The molecule has 2 heterocycles. The first kappa shape index (κ1) is 18.6. The zero-order valence-electron chi connectivity index (χ0n) is 11.0. The summed E-state index contributed by atoms with van der Waals surface area (Å²) in [4.78, 5) is 16.2. The first-order valence-corrected chi connectivity index (χ1v) is 7.03. The molecule has 1 aliphatic rings. The van der Waals surface area contributed by atoms with Gasteiger partial charge >= 0.3 is 0 Å². The highest BCUT2D eigenvalue weighted by molar-refractivity contribution is 7.09. The molecule has 0 aromatic carbocycles. The Bertz CT molecular complexity index is 381. The largest absolute Gasteiger partial charge is 0.355 e. The van der Waals surface area contributed by atoms with E-state index in [0.29, 0.717) is 6.54 Å². The van der Waals surface area contributed by atoms with E-state index in [4.69, 9.17) is 0 Å². The highest BCUT2D eigenvalue weighted by Crippen LogP contribution is 2.10. The van der Waals surface area contributed by atoms with Crippen LogP contribution in [0.2, 0.25) is 0 Å². The second kappa shape index (κ2) is 9.53. The molecule has 0 saturated carbocycles. The van der Waals surface area contributed by atoms with Crippen LogP contribution in [0.25, 0.3) is 0 Å². The van der Waals surface area contributed by atoms with Gasteiger partial charge in [-0.2, -0.15) is 0 Å². The van der Waals surface area contributed by atoms with Gasteiger partial charge in [0.25, 0.3) is 0 Å². The molecule has 1 amide bonds. The zero-order valence-corrected chi connectivity index (χ0v) is 13.4. The maximum atomic E-state index is 11.8. The third-order valence-electron chi connectivity index (χ3n) is 3.01. The monoisotopic (exact) mass is 325 g/mol. The molecule has 1 saturated heterocycles. The van der Waals surface area contributed by atoms with Crippen molar-refractivity contribution in [2.45, 2.75) is 26.2 Å². The summed E-state index contributed by atoms with van der Waals surface area (Å²) in [5.74, 6) is 0.338. The van der Waals surface area contributed by atoms with Gasteiger partial charge in [0.2, 0.25) is 5.91 Å². The Balaban J connectivity index is 0.00000162. The standard InChI is InChI=1S/C12H19N3OS.2ClH/c1-9-15-11(8-17-9)4-6-14-12(16)10-3-2-5-13-7-10;;/h8,10,13H,2-7H2,1H3,(H,14,16);2*1H/t10-;;/m1../s1. The van der Waals surface area contributed by atoms with Crippen molar-refractivity contribution in [2.75, 3.05) is 19.6 Å². The van der Waals surface area contributed by atoms with E-state index in [1.807, 2.05) is 6.92 Å². The first-order valence-electron chi connectivity index (χ1n) is 6.15. The van der Waals surface area contributed by atoms with Crippen molar-refractivity contribution >= 4 is 42.1 Å². The summed E-state index contributed by atoms with van der Waals surface area (Å²) in [6.45, 7) is 4.56. The van der Waals surface area contributed by atoms with Crippen LogP contribution in [0.5, 0.6) is 0 Å². The average Bonchev–Trinajstić information content (AvgIpc) is 2.76. The Morgan fingerprint density at radius 1 is 1.58 bits per heavy atom. The van der Waals surface area contributed by atoms with Crippen LogP contribution in [0.4, 0.5) is 0 Å². The van der Waals surface area contributed by atoms with Crippen molar-refractivity contribution in [2.24, 2.45) is 5.92 Å². The summed E-state index contributed by atoms with van der Waals surface area (Å²) in [6, 6.07) is 0. The molecule has 2 rings (SSSR count). The summed E-state index contributed by atoms with van der Waals surface area (Å²) in [6.07, 6.45) is 2.94. The molecule has 1 aromatic rings. The van der Waals surface area contributed by atoms with E-state index in [-0.39, 0.29) is 36.6 Å². The van der Waals surface area contributed by atoms with Crippen LogP contribution in [0.1, 0.15) is 23.5 Å². The maximum Gasteiger partial charge on any atom is 0.224 e. The molecule has 0 radical (unpaired) electrons. The van der Waals surface area contributed by atoms with Crippen LogP contribution in [0.3, 0.4) is 0 Å². The highest BCUT2D eigenvalue weighted by Gasteiger charge is 2.20. The van der Waals surface area contributed by atoms with E-state index in [2.05, 4.69) is 21.0 Å². The lowest BCUT2D eigenvalue weighted by atomic mass is 9.99. The zero-order chi connectivity index (χ0) is 12.1. The van der Waals surface area contributed by atoms with Crippen LogP contribution in [0.15, 0.2) is 5.38 Å². The summed E-state index contributed by atoms with van der Waals surface area (Å²) in [5, 5.41) is 9.40. The minimum absolute atomic E-state index is 0. The predicted molar refractivity (Wildman–Crippen MR) is 83.7 cm³/mol. The normalized spacial score (nSPS) is 18.1. The molecule has 4 nitrogen and oxygen atoms in total. The van der Waals surface area contributed by atoms with Crippen LogP contribution in [-0.4, -0.2) is 30.5 Å². The second-order valence-electron chi connectivity index (χ2n) is 4.44. The molecule has 1 aromatic heterocycles. The van der Waals surface area contributed by atoms with Gasteiger partial charge in [-0.25, -0.2) is 4.98 Å². The van der Waals surface area contributed by atoms with Gasteiger partial charge in [0.1, 0.15) is 0 Å². The minimum atomic E-state index is 0. The summed E-state index contributed by atoms with van der Waals surface area (Å²) in [7, 11) is 0. The fourth-order valence-electron chi connectivity index (χ4n) is 2.06. The number of nitrogens with one attached hydrogen (secondary N) is 2. The number of hydrogen-bond acceptors (Lipinski definition) is 4. The number of hydrogen-bond donors (Lipinski definition) is 2. The number of amides is 1. The number of aryl methyl sites for hydroxylation is 1. The molecule has 0 bridgehead atoms. The van der Waals surface area contributed by atoms with Gasteiger partial charge in [0, 0.05) is 24.9 Å². The van der Waals surface area contributed by atoms with Crippen molar-refractivity contribution in [3.8, 4) is 0 Å². The number of piperidine rings is 1. The van der Waals surface area contributed by atoms with Crippen molar-refractivity contribution < 1.29 is 4.79 Å². The average molecular weight is 326 g/mol. The molecule has 0 spiro atoms. The molecule has 0 aliphatic carbocycles. The predicted octanol–water partition coefficient (Wildman–Crippen LogP) is 1.95. The Hall–Kier alpha value is -0.360. The minimum Gasteiger partial charge on any atom is -0.355 e. The van der Waals surface area contributed by atoms with Crippen molar-refractivity contribution in [1.82, 2.24) is 15.6 Å². The first-order chi connectivity index (χ1) is 8.25. The third kappa shape index (κ3) is 6.08. The number of thiazole rings is 1. The molecule has 7 heteroatoms. The van der Waals surface area contributed by atoms with E-state index in [9.17, 15) is 4.79 Å². The van der Waals surface area contributed by atoms with Gasteiger partial charge in [-0.15, -0.1) is 36.2 Å². The highest BCUT2D eigenvalue weighted by atomic mass is 35.5. The second-order valence-corrected chi connectivity index (χ2v) is 5.50. The van der Waals surface area contributed by atoms with Crippen LogP contribution < -0.4 is 10.6 Å². The molecule has 110 valence electrons. The van der Waals surface area contributed by atoms with E-state index in [1.54, 1.807) is 11.3 Å². The van der Waals surface area contributed by atoms with Gasteiger partial charge in [-0.3, -0.25) is 4.79 Å². The smallest absolute Gasteiger partial charge is 0.224 e. The Kier molecular flexibility index (Phi) is 9.35. The molecule has 19 heavy (non-hydrogen) atoms. The van der Waals surface area contributed by atoms with Crippen molar-refractivity contribution in [3.05, 3.63) is 16.1 Å². The molecular weight excluding hydrogens is 305 g/mol. The van der Waals surface area contributed by atoms with Crippen LogP contribution in [0, 0.1) is 12.8 Å². The molecule has 1 fully saturated rings. The summed E-state index contributed by atoms with van der Waals surface area (Å²) >= 11 is 1.66. The van der Waals surface area contributed by atoms with Gasteiger partial charge in [-0.1, -0.05) is 0 Å². The molecular formula is C12H21Cl2N3OS. The number of nitrogens with zero attached hydrogens (tertiary/aromatic N) is 1. The van der Waals surface area contributed by atoms with Gasteiger partial charge in [-0.05, 0) is 26.3 Å². The molecule has 2 N–H and O–H groups in total.